The van der Waals surface area contributed by atoms with Gasteiger partial charge in [0.2, 0.25) is 0 Å². The lowest BCUT2D eigenvalue weighted by molar-refractivity contribution is 0.0586. The summed E-state index contributed by atoms with van der Waals surface area (Å²) in [7, 11) is 2.57. The third-order valence-electron chi connectivity index (χ3n) is 1.64. The minimum Gasteiger partial charge on any atom is -0.465 e. The molecule has 4 heteroatoms. The number of carbonyl (C=O) groups is 2. The molecule has 0 unspecified atom stereocenters. The molecule has 0 saturated carbocycles. The quantitative estimate of drug-likeness (QED) is 0.659. The molecule has 73 valence electrons. The van der Waals surface area contributed by atoms with Crippen LogP contribution >= 0.6 is 0 Å². The van der Waals surface area contributed by atoms with E-state index >= 15 is 0 Å². The van der Waals surface area contributed by atoms with Gasteiger partial charge in [0.15, 0.2) is 0 Å². The van der Waals surface area contributed by atoms with E-state index in [4.69, 9.17) is 0 Å². The molecule has 0 spiro atoms. The maximum atomic E-state index is 11.0. The zero-order chi connectivity index (χ0) is 10.6. The molecule has 1 rings (SSSR count). The van der Waals surface area contributed by atoms with Gasteiger partial charge in [-0.05, 0) is 24.3 Å². The molecule has 0 aliphatic rings. The van der Waals surface area contributed by atoms with Crippen LogP contribution in [-0.4, -0.2) is 26.2 Å². The van der Waals surface area contributed by atoms with E-state index in [9.17, 15) is 9.59 Å². The van der Waals surface area contributed by atoms with Crippen LogP contribution in [0.4, 0.5) is 0 Å². The van der Waals surface area contributed by atoms with E-state index in [0.717, 1.165) is 0 Å². The van der Waals surface area contributed by atoms with Crippen LogP contribution in [0.2, 0.25) is 0 Å². The summed E-state index contributed by atoms with van der Waals surface area (Å²) in [4.78, 5) is 22.0. The summed E-state index contributed by atoms with van der Waals surface area (Å²) in [6, 6.07) is 6.95. The van der Waals surface area contributed by atoms with Crippen molar-refractivity contribution >= 4 is 11.9 Å². The van der Waals surface area contributed by atoms with E-state index in [1.54, 1.807) is 0 Å². The lowest BCUT2D eigenvalue weighted by Gasteiger charge is -2.00. The predicted octanol–water partition coefficient (Wildman–Crippen LogP) is 1.06. The van der Waals surface area contributed by atoms with Crippen molar-refractivity contribution in [2.75, 3.05) is 14.2 Å². The summed E-state index contributed by atoms with van der Waals surface area (Å²) >= 11 is 0. The van der Waals surface area contributed by atoms with Crippen LogP contribution in [0.3, 0.4) is 0 Å². The van der Waals surface area contributed by atoms with Gasteiger partial charge >= 0.3 is 11.9 Å². The lowest BCUT2D eigenvalue weighted by Crippen LogP contribution is -2.04. The Morgan fingerprint density at radius 2 is 1.79 bits per heavy atom. The van der Waals surface area contributed by atoms with E-state index < -0.39 is 11.9 Å². The number of ether oxygens (including phenoxy) is 2. The lowest BCUT2D eigenvalue weighted by atomic mass is 10.1. The van der Waals surface area contributed by atoms with Crippen LogP contribution in [-0.2, 0) is 9.47 Å². The fourth-order valence-electron chi connectivity index (χ4n) is 0.907. The third-order valence-corrected chi connectivity index (χ3v) is 1.64. The highest BCUT2D eigenvalue weighted by Gasteiger charge is 2.08. The molecule has 0 fully saturated rings. The van der Waals surface area contributed by atoms with E-state index in [0.29, 0.717) is 5.56 Å². The van der Waals surface area contributed by atoms with E-state index in [2.05, 4.69) is 15.5 Å². The normalized spacial score (nSPS) is 9.29. The second-order valence-electron chi connectivity index (χ2n) is 2.47. The summed E-state index contributed by atoms with van der Waals surface area (Å²) in [6.45, 7) is 0. The van der Waals surface area contributed by atoms with Crippen LogP contribution in [0.1, 0.15) is 20.7 Å². The Balaban J connectivity index is 2.89. The molecule has 4 nitrogen and oxygen atoms in total. The number of rotatable bonds is 2. The molecule has 1 aromatic rings. The third kappa shape index (κ3) is 2.10. The first-order valence-corrected chi connectivity index (χ1v) is 3.87. The molecule has 0 heterocycles. The van der Waals surface area contributed by atoms with E-state index in [1.165, 1.54) is 32.4 Å². The van der Waals surface area contributed by atoms with Gasteiger partial charge in [-0.3, -0.25) is 0 Å². The average molecular weight is 193 g/mol. The Morgan fingerprint density at radius 1 is 1.14 bits per heavy atom. The van der Waals surface area contributed by atoms with Crippen molar-refractivity contribution in [3.05, 3.63) is 35.4 Å². The fourth-order valence-corrected chi connectivity index (χ4v) is 0.907. The topological polar surface area (TPSA) is 52.6 Å². The van der Waals surface area contributed by atoms with Gasteiger partial charge < -0.3 is 9.47 Å². The van der Waals surface area contributed by atoms with Gasteiger partial charge in [-0.15, -0.1) is 0 Å². The highest BCUT2D eigenvalue weighted by atomic mass is 16.5. The molecule has 0 atom stereocenters. The molecule has 14 heavy (non-hydrogen) atoms. The van der Waals surface area contributed by atoms with Gasteiger partial charge in [0, 0.05) is 0 Å². The number of methoxy groups -OCH3 is 2. The van der Waals surface area contributed by atoms with Crippen LogP contribution in [0, 0.1) is 6.07 Å². The molecule has 0 aliphatic carbocycles. The molecule has 1 radical (unpaired) electrons. The van der Waals surface area contributed by atoms with Crippen LogP contribution < -0.4 is 0 Å². The Hall–Kier alpha value is -1.84. The number of hydrogen-bond acceptors (Lipinski definition) is 4. The molecular formula is C10H9O4. The number of hydrogen-bond donors (Lipinski definition) is 0. The predicted molar refractivity (Wildman–Crippen MR) is 48.0 cm³/mol. The van der Waals surface area contributed by atoms with Crippen LogP contribution in [0.25, 0.3) is 0 Å². The van der Waals surface area contributed by atoms with Gasteiger partial charge in [-0.2, -0.15) is 0 Å². The first-order valence-electron chi connectivity index (χ1n) is 3.87. The maximum Gasteiger partial charge on any atom is 0.338 e. The van der Waals surface area contributed by atoms with Crippen LogP contribution in [0.5, 0.6) is 0 Å². The molecule has 0 saturated heterocycles. The van der Waals surface area contributed by atoms with E-state index in [-0.39, 0.29) is 5.56 Å². The van der Waals surface area contributed by atoms with Gasteiger partial charge in [-0.1, -0.05) is 0 Å². The van der Waals surface area contributed by atoms with Crippen molar-refractivity contribution in [1.29, 1.82) is 0 Å². The zero-order valence-electron chi connectivity index (χ0n) is 7.87. The molecule has 0 amide bonds. The Kier molecular flexibility index (Phi) is 3.23. The Morgan fingerprint density at radius 3 is 2.21 bits per heavy atom. The van der Waals surface area contributed by atoms with Crippen molar-refractivity contribution < 1.29 is 19.1 Å². The molecule has 0 aromatic heterocycles. The van der Waals surface area contributed by atoms with Gasteiger partial charge in [0.25, 0.3) is 0 Å². The van der Waals surface area contributed by atoms with Crippen LogP contribution in [0.15, 0.2) is 18.2 Å². The summed E-state index contributed by atoms with van der Waals surface area (Å²) in [5.41, 5.74) is 0.625. The van der Waals surface area contributed by atoms with Gasteiger partial charge in [0.05, 0.1) is 25.3 Å². The van der Waals surface area contributed by atoms with Crippen molar-refractivity contribution in [3.63, 3.8) is 0 Å². The first kappa shape index (κ1) is 10.2. The maximum absolute atomic E-state index is 11.0. The second kappa shape index (κ2) is 4.41. The smallest absolute Gasteiger partial charge is 0.338 e. The van der Waals surface area contributed by atoms with E-state index in [1.807, 2.05) is 0 Å². The molecule has 0 aliphatic heterocycles. The SMILES string of the molecule is COC(=O)c1[c]cc(C(=O)OC)cc1. The largest absolute Gasteiger partial charge is 0.465 e. The molecule has 1 aromatic carbocycles. The molecule has 0 N–H and O–H groups in total. The monoisotopic (exact) mass is 193 g/mol. The first-order chi connectivity index (χ1) is 6.69. The van der Waals surface area contributed by atoms with Gasteiger partial charge in [-0.25, -0.2) is 9.59 Å². The summed E-state index contributed by atoms with van der Waals surface area (Å²) < 4.78 is 8.96. The highest BCUT2D eigenvalue weighted by molar-refractivity contribution is 5.92. The van der Waals surface area contributed by atoms with Crippen molar-refractivity contribution in [1.82, 2.24) is 0 Å². The fraction of sp³-hybridized carbons (Fsp3) is 0.200. The van der Waals surface area contributed by atoms with Crippen molar-refractivity contribution in [2.24, 2.45) is 0 Å². The number of carbonyl (C=O) groups excluding carboxylic acids is 2. The van der Waals surface area contributed by atoms with Gasteiger partial charge in [0.1, 0.15) is 0 Å². The number of esters is 2. The standard InChI is InChI=1S/C10H9O4/c1-13-9(11)7-3-5-8(6-4-7)10(12)14-2/h3-5H,1-2H3. The van der Waals surface area contributed by atoms with Crippen molar-refractivity contribution in [2.45, 2.75) is 0 Å². The zero-order valence-corrected chi connectivity index (χ0v) is 7.87. The second-order valence-corrected chi connectivity index (χ2v) is 2.47. The minimum absolute atomic E-state index is 0.278. The number of benzene rings is 1. The molecule has 0 bridgehead atoms. The Bertz CT molecular complexity index is 305. The summed E-state index contributed by atoms with van der Waals surface area (Å²) in [5.74, 6) is -0.945. The average Bonchev–Trinajstić information content (AvgIpc) is 2.27. The summed E-state index contributed by atoms with van der Waals surface area (Å²) in [6.07, 6.45) is 0. The highest BCUT2D eigenvalue weighted by Crippen LogP contribution is 2.05. The minimum atomic E-state index is -0.485. The van der Waals surface area contributed by atoms with Crippen molar-refractivity contribution in [3.8, 4) is 0 Å². The summed E-state index contributed by atoms with van der Waals surface area (Å²) in [5, 5.41) is 0. The molecular weight excluding hydrogens is 184 g/mol. The Labute approximate surface area is 81.4 Å².